The van der Waals surface area contributed by atoms with Crippen LogP contribution in [-0.2, 0) is 11.3 Å². The fourth-order valence-electron chi connectivity index (χ4n) is 3.80. The summed E-state index contributed by atoms with van der Waals surface area (Å²) in [4.78, 5) is 18.5. The van der Waals surface area contributed by atoms with Gasteiger partial charge in [0.2, 0.25) is 0 Å². The summed E-state index contributed by atoms with van der Waals surface area (Å²) in [6, 6.07) is 17.6. The largest absolute Gasteiger partial charge is 0.506 e. The number of hydrogen-bond acceptors (Lipinski definition) is 3. The maximum atomic E-state index is 13.0. The summed E-state index contributed by atoms with van der Waals surface area (Å²) >= 11 is 0. The fraction of sp³-hybridized carbons (Fsp3) is 0.409. The molecule has 0 bridgehead atoms. The van der Waals surface area contributed by atoms with Crippen LogP contribution < -0.4 is 9.80 Å². The van der Waals surface area contributed by atoms with Crippen LogP contribution in [0.25, 0.3) is 0 Å². The molecule has 27 heavy (non-hydrogen) atoms. The number of amides is 1. The van der Waals surface area contributed by atoms with Gasteiger partial charge in [-0.15, -0.1) is 0 Å². The molecule has 0 aliphatic carbocycles. The van der Waals surface area contributed by atoms with Crippen LogP contribution in [-0.4, -0.2) is 54.7 Å². The number of aromatic hydroxyl groups is 1. The monoisotopic (exact) mass is 368 g/mol. The minimum absolute atomic E-state index is 0.0554. The van der Waals surface area contributed by atoms with Gasteiger partial charge in [-0.3, -0.25) is 4.79 Å². The maximum Gasteiger partial charge on any atom is 0.280 e. The van der Waals surface area contributed by atoms with Crippen molar-refractivity contribution in [3.8, 4) is 5.75 Å². The number of quaternary nitrogens is 1. The zero-order valence-electron chi connectivity index (χ0n) is 16.3. The molecule has 1 heterocycles. The Labute approximate surface area is 161 Å². The molecule has 1 atom stereocenters. The van der Waals surface area contributed by atoms with Gasteiger partial charge in [-0.1, -0.05) is 42.5 Å². The van der Waals surface area contributed by atoms with E-state index in [9.17, 15) is 9.90 Å². The fourth-order valence-corrected chi connectivity index (χ4v) is 3.80. The highest BCUT2D eigenvalue weighted by Crippen LogP contribution is 2.26. The van der Waals surface area contributed by atoms with Gasteiger partial charge < -0.3 is 19.8 Å². The lowest BCUT2D eigenvalue weighted by molar-refractivity contribution is -0.915. The Morgan fingerprint density at radius 2 is 1.74 bits per heavy atom. The molecule has 0 unspecified atom stereocenters. The van der Waals surface area contributed by atoms with Crippen molar-refractivity contribution in [3.05, 3.63) is 60.2 Å². The molecule has 3 rings (SSSR count). The number of benzene rings is 2. The summed E-state index contributed by atoms with van der Waals surface area (Å²) in [5.74, 6) is 0.539. The van der Waals surface area contributed by atoms with Crippen molar-refractivity contribution in [2.45, 2.75) is 26.4 Å². The van der Waals surface area contributed by atoms with Gasteiger partial charge in [0.25, 0.3) is 5.91 Å². The molecular weight excluding hydrogens is 338 g/mol. The number of anilines is 1. The zero-order valence-corrected chi connectivity index (χ0v) is 16.3. The van der Waals surface area contributed by atoms with E-state index < -0.39 is 0 Å². The third-order valence-corrected chi connectivity index (χ3v) is 5.52. The normalized spacial score (nSPS) is 16.1. The average Bonchev–Trinajstić information content (AvgIpc) is 2.72. The van der Waals surface area contributed by atoms with E-state index in [-0.39, 0.29) is 11.9 Å². The molecule has 0 aromatic heterocycles. The van der Waals surface area contributed by atoms with E-state index in [1.54, 1.807) is 6.07 Å². The third kappa shape index (κ3) is 4.61. The number of carbonyl (C=O) groups excluding carboxylic acids is 1. The van der Waals surface area contributed by atoms with Gasteiger partial charge >= 0.3 is 0 Å². The van der Waals surface area contributed by atoms with Gasteiger partial charge in [-0.05, 0) is 31.5 Å². The smallest absolute Gasteiger partial charge is 0.280 e. The molecule has 2 aromatic carbocycles. The van der Waals surface area contributed by atoms with Crippen LogP contribution in [0.1, 0.15) is 19.4 Å². The summed E-state index contributed by atoms with van der Waals surface area (Å²) in [6.45, 7) is 8.94. The highest BCUT2D eigenvalue weighted by molar-refractivity contribution is 5.80. The summed E-state index contributed by atoms with van der Waals surface area (Å²) in [6.07, 6.45) is 0. The Kier molecular flexibility index (Phi) is 6.35. The number of nitrogens with zero attached hydrogens (tertiary/aromatic N) is 2. The first-order valence-corrected chi connectivity index (χ1v) is 9.80. The Morgan fingerprint density at radius 3 is 2.37 bits per heavy atom. The van der Waals surface area contributed by atoms with E-state index in [1.807, 2.05) is 55.1 Å². The van der Waals surface area contributed by atoms with E-state index in [0.717, 1.165) is 38.4 Å². The van der Waals surface area contributed by atoms with Crippen LogP contribution in [0.5, 0.6) is 5.75 Å². The van der Waals surface area contributed by atoms with E-state index >= 15 is 0 Å². The van der Waals surface area contributed by atoms with Gasteiger partial charge in [-0.25, -0.2) is 0 Å². The van der Waals surface area contributed by atoms with E-state index in [1.165, 1.54) is 10.5 Å². The molecule has 1 fully saturated rings. The van der Waals surface area contributed by atoms with Crippen molar-refractivity contribution in [3.63, 3.8) is 0 Å². The van der Waals surface area contributed by atoms with Crippen LogP contribution in [0, 0.1) is 0 Å². The molecule has 0 radical (unpaired) electrons. The predicted molar refractivity (Wildman–Crippen MR) is 108 cm³/mol. The lowest BCUT2D eigenvalue weighted by atomic mass is 10.1. The molecule has 5 nitrogen and oxygen atoms in total. The molecule has 1 saturated heterocycles. The Hall–Kier alpha value is -2.53. The second-order valence-electron chi connectivity index (χ2n) is 7.19. The number of phenols is 1. The Bertz CT molecular complexity index is 742. The number of para-hydroxylation sites is 2. The van der Waals surface area contributed by atoms with Gasteiger partial charge in [0, 0.05) is 13.1 Å². The van der Waals surface area contributed by atoms with Gasteiger partial charge in [-0.2, -0.15) is 0 Å². The average molecular weight is 369 g/mol. The van der Waals surface area contributed by atoms with Crippen molar-refractivity contribution in [2.24, 2.45) is 0 Å². The van der Waals surface area contributed by atoms with E-state index in [4.69, 9.17) is 0 Å². The van der Waals surface area contributed by atoms with Crippen molar-refractivity contribution < 1.29 is 14.8 Å². The zero-order chi connectivity index (χ0) is 19.2. The molecule has 0 spiro atoms. The first-order chi connectivity index (χ1) is 13.1. The lowest BCUT2D eigenvalue weighted by Gasteiger charge is -2.37. The molecule has 0 saturated carbocycles. The number of likely N-dealkylation sites (N-methyl/N-ethyl adjacent to an activating group) is 1. The standard InChI is InChI=1S/C22H29N3O2/c1-3-23(17-19-9-5-4-6-10-19)22(27)18(2)24-13-15-25(16-14-24)20-11-7-8-12-21(20)26/h4-12,18,26H,3,13-17H2,1-2H3/p+1/t18-/m1/s1. The van der Waals surface area contributed by atoms with E-state index in [0.29, 0.717) is 12.3 Å². The Balaban J connectivity index is 1.58. The number of phenolic OH excluding ortho intramolecular Hbond substituents is 1. The molecule has 1 aliphatic heterocycles. The van der Waals surface area contributed by atoms with Crippen LogP contribution in [0.3, 0.4) is 0 Å². The van der Waals surface area contributed by atoms with Crippen LogP contribution in [0.4, 0.5) is 5.69 Å². The first-order valence-electron chi connectivity index (χ1n) is 9.80. The number of piperazine rings is 1. The highest BCUT2D eigenvalue weighted by Gasteiger charge is 2.32. The van der Waals surface area contributed by atoms with Crippen molar-refractivity contribution >= 4 is 11.6 Å². The van der Waals surface area contributed by atoms with Crippen molar-refractivity contribution in [2.75, 3.05) is 37.6 Å². The topological polar surface area (TPSA) is 48.2 Å². The first kappa shape index (κ1) is 19.2. The van der Waals surface area contributed by atoms with Crippen molar-refractivity contribution in [1.82, 2.24) is 4.90 Å². The third-order valence-electron chi connectivity index (χ3n) is 5.52. The predicted octanol–water partition coefficient (Wildman–Crippen LogP) is 1.53. The van der Waals surface area contributed by atoms with E-state index in [2.05, 4.69) is 17.0 Å². The van der Waals surface area contributed by atoms with Crippen LogP contribution in [0.2, 0.25) is 0 Å². The second-order valence-corrected chi connectivity index (χ2v) is 7.19. The van der Waals surface area contributed by atoms with Crippen LogP contribution >= 0.6 is 0 Å². The van der Waals surface area contributed by atoms with Gasteiger partial charge in [0.15, 0.2) is 6.04 Å². The van der Waals surface area contributed by atoms with Gasteiger partial charge in [0.1, 0.15) is 5.75 Å². The number of hydrogen-bond donors (Lipinski definition) is 2. The lowest BCUT2D eigenvalue weighted by Crippen LogP contribution is -3.19. The molecule has 1 amide bonds. The van der Waals surface area contributed by atoms with Gasteiger partial charge in [0.05, 0.1) is 31.9 Å². The molecule has 5 heteroatoms. The molecule has 2 aromatic rings. The number of rotatable bonds is 6. The summed E-state index contributed by atoms with van der Waals surface area (Å²) in [5, 5.41) is 10.1. The summed E-state index contributed by atoms with van der Waals surface area (Å²) in [7, 11) is 0. The quantitative estimate of drug-likeness (QED) is 0.813. The van der Waals surface area contributed by atoms with Crippen molar-refractivity contribution in [1.29, 1.82) is 0 Å². The molecular formula is C22H30N3O2+. The number of nitrogens with one attached hydrogen (secondary N) is 1. The molecule has 144 valence electrons. The second kappa shape index (κ2) is 8.91. The number of carbonyl (C=O) groups is 1. The molecule has 1 aliphatic rings. The minimum atomic E-state index is -0.0554. The SMILES string of the molecule is CCN(Cc1ccccc1)C(=O)[C@@H](C)[NH+]1CCN(c2ccccc2O)CC1. The summed E-state index contributed by atoms with van der Waals surface area (Å²) in [5.41, 5.74) is 2.05. The minimum Gasteiger partial charge on any atom is -0.506 e. The molecule has 2 N–H and O–H groups in total. The Morgan fingerprint density at radius 1 is 1.11 bits per heavy atom. The highest BCUT2D eigenvalue weighted by atomic mass is 16.3. The maximum absolute atomic E-state index is 13.0. The van der Waals surface area contributed by atoms with Crippen LogP contribution in [0.15, 0.2) is 54.6 Å². The summed E-state index contributed by atoms with van der Waals surface area (Å²) < 4.78 is 0.